The van der Waals surface area contributed by atoms with Gasteiger partial charge in [0.2, 0.25) is 0 Å². The Morgan fingerprint density at radius 2 is 2.08 bits per heavy atom. The molecule has 1 aliphatic rings. The number of nitrogens with zero attached hydrogens (tertiary/aromatic N) is 2. The summed E-state index contributed by atoms with van der Waals surface area (Å²) in [7, 11) is 1.79. The summed E-state index contributed by atoms with van der Waals surface area (Å²) >= 11 is 0. The number of furan rings is 1. The van der Waals surface area contributed by atoms with Gasteiger partial charge < -0.3 is 19.4 Å². The van der Waals surface area contributed by atoms with Crippen LogP contribution in [-0.4, -0.2) is 62.3 Å². The topological polar surface area (TPSA) is 58.0 Å². The Bertz CT molecular complexity index is 661. The van der Waals surface area contributed by atoms with Crippen LogP contribution in [0.2, 0.25) is 0 Å². The monoisotopic (exact) mass is 345 g/mol. The average molecular weight is 345 g/mol. The van der Waals surface area contributed by atoms with Gasteiger partial charge in [0, 0.05) is 38.6 Å². The molecule has 1 fully saturated rings. The Balaban J connectivity index is 1.43. The predicted octanol–water partition coefficient (Wildman–Crippen LogP) is 2.54. The van der Waals surface area contributed by atoms with E-state index in [1.54, 1.807) is 11.9 Å². The van der Waals surface area contributed by atoms with Gasteiger partial charge in [0.15, 0.2) is 0 Å². The Hall–Kier alpha value is -2.05. The Morgan fingerprint density at radius 3 is 2.84 bits per heavy atom. The van der Waals surface area contributed by atoms with E-state index >= 15 is 0 Å². The van der Waals surface area contributed by atoms with Crippen molar-refractivity contribution in [3.63, 3.8) is 0 Å². The SMILES string of the molecule is C[C@H](CNC(=O)N(C)Cc1cc2ccccc2o1)CN1CCOCC1. The number of fused-ring (bicyclic) bond motifs is 1. The number of ether oxygens (including phenoxy) is 1. The van der Waals surface area contributed by atoms with Crippen LogP contribution in [0.15, 0.2) is 34.7 Å². The molecule has 0 aliphatic carbocycles. The highest BCUT2D eigenvalue weighted by atomic mass is 16.5. The molecule has 1 N–H and O–H groups in total. The van der Waals surface area contributed by atoms with E-state index in [0.29, 0.717) is 19.0 Å². The van der Waals surface area contributed by atoms with Gasteiger partial charge in [-0.3, -0.25) is 4.90 Å². The lowest BCUT2D eigenvalue weighted by Gasteiger charge is -2.29. The molecular weight excluding hydrogens is 318 g/mol. The maximum Gasteiger partial charge on any atom is 0.317 e. The van der Waals surface area contributed by atoms with Crippen molar-refractivity contribution in [1.29, 1.82) is 0 Å². The molecule has 1 saturated heterocycles. The Labute approximate surface area is 148 Å². The molecule has 0 unspecified atom stereocenters. The lowest BCUT2D eigenvalue weighted by atomic mass is 10.1. The molecule has 0 bridgehead atoms. The fraction of sp³-hybridized carbons (Fsp3) is 0.526. The van der Waals surface area contributed by atoms with Gasteiger partial charge in [-0.25, -0.2) is 4.79 Å². The van der Waals surface area contributed by atoms with Crippen LogP contribution in [0.1, 0.15) is 12.7 Å². The fourth-order valence-electron chi connectivity index (χ4n) is 3.11. The zero-order chi connectivity index (χ0) is 17.6. The number of hydrogen-bond acceptors (Lipinski definition) is 4. The van der Waals surface area contributed by atoms with Gasteiger partial charge >= 0.3 is 6.03 Å². The van der Waals surface area contributed by atoms with Crippen molar-refractivity contribution in [3.05, 3.63) is 36.1 Å². The van der Waals surface area contributed by atoms with E-state index in [1.807, 2.05) is 30.3 Å². The summed E-state index contributed by atoms with van der Waals surface area (Å²) in [5.74, 6) is 1.20. The lowest BCUT2D eigenvalue weighted by molar-refractivity contribution is 0.0319. The number of urea groups is 1. The first-order chi connectivity index (χ1) is 12.1. The number of para-hydroxylation sites is 1. The van der Waals surface area contributed by atoms with Gasteiger partial charge in [0.1, 0.15) is 11.3 Å². The maximum atomic E-state index is 12.3. The highest BCUT2D eigenvalue weighted by Crippen LogP contribution is 2.19. The van der Waals surface area contributed by atoms with Gasteiger partial charge in [-0.1, -0.05) is 25.1 Å². The number of carbonyl (C=O) groups excluding carboxylic acids is 1. The van der Waals surface area contributed by atoms with Crippen molar-refractivity contribution in [1.82, 2.24) is 15.1 Å². The number of carbonyl (C=O) groups is 1. The van der Waals surface area contributed by atoms with Crippen molar-refractivity contribution in [2.75, 3.05) is 46.4 Å². The van der Waals surface area contributed by atoms with Crippen molar-refractivity contribution in [2.45, 2.75) is 13.5 Å². The molecule has 6 nitrogen and oxygen atoms in total. The lowest BCUT2D eigenvalue weighted by Crippen LogP contribution is -2.43. The summed E-state index contributed by atoms with van der Waals surface area (Å²) < 4.78 is 11.1. The van der Waals surface area contributed by atoms with Crippen LogP contribution < -0.4 is 5.32 Å². The van der Waals surface area contributed by atoms with E-state index in [1.165, 1.54) is 0 Å². The second-order valence-corrected chi connectivity index (χ2v) is 6.81. The summed E-state index contributed by atoms with van der Waals surface area (Å²) in [6.45, 7) is 7.83. The van der Waals surface area contributed by atoms with E-state index < -0.39 is 0 Å². The first kappa shape index (κ1) is 17.8. The zero-order valence-corrected chi connectivity index (χ0v) is 15.0. The molecule has 1 aliphatic heterocycles. The summed E-state index contributed by atoms with van der Waals surface area (Å²) in [5, 5.41) is 4.07. The highest BCUT2D eigenvalue weighted by molar-refractivity contribution is 5.78. The first-order valence-electron chi connectivity index (χ1n) is 8.88. The van der Waals surface area contributed by atoms with Gasteiger partial charge in [-0.2, -0.15) is 0 Å². The molecule has 1 aromatic heterocycles. The van der Waals surface area contributed by atoms with Crippen molar-refractivity contribution in [2.24, 2.45) is 5.92 Å². The molecular formula is C19H27N3O3. The van der Waals surface area contributed by atoms with Crippen molar-refractivity contribution < 1.29 is 13.9 Å². The minimum absolute atomic E-state index is 0.0747. The molecule has 1 aromatic carbocycles. The first-order valence-corrected chi connectivity index (χ1v) is 8.88. The van der Waals surface area contributed by atoms with E-state index in [2.05, 4.69) is 17.1 Å². The normalized spacial score (nSPS) is 16.7. The number of amides is 2. The van der Waals surface area contributed by atoms with E-state index in [0.717, 1.165) is 49.6 Å². The van der Waals surface area contributed by atoms with Crippen LogP contribution in [0.25, 0.3) is 11.0 Å². The second kappa shape index (κ2) is 8.36. The molecule has 25 heavy (non-hydrogen) atoms. The Morgan fingerprint density at radius 1 is 1.32 bits per heavy atom. The molecule has 0 radical (unpaired) electrons. The second-order valence-electron chi connectivity index (χ2n) is 6.81. The number of hydrogen-bond donors (Lipinski definition) is 1. The standard InChI is InChI=1S/C19H27N3O3/c1-15(13-22-7-9-24-10-8-22)12-20-19(23)21(2)14-17-11-16-5-3-4-6-18(16)25-17/h3-6,11,15H,7-10,12-14H2,1-2H3,(H,20,23)/t15-/m1/s1. The van der Waals surface area contributed by atoms with Crippen LogP contribution in [0, 0.1) is 5.92 Å². The third-order valence-corrected chi connectivity index (χ3v) is 4.49. The third kappa shape index (κ3) is 4.96. The number of nitrogens with one attached hydrogen (secondary N) is 1. The molecule has 136 valence electrons. The zero-order valence-electron chi connectivity index (χ0n) is 15.0. The minimum Gasteiger partial charge on any atom is -0.459 e. The molecule has 3 rings (SSSR count). The Kier molecular flexibility index (Phi) is 5.94. The predicted molar refractivity (Wildman–Crippen MR) is 97.5 cm³/mol. The van der Waals surface area contributed by atoms with Gasteiger partial charge in [-0.05, 0) is 18.1 Å². The molecule has 1 atom stereocenters. The van der Waals surface area contributed by atoms with Crippen LogP contribution >= 0.6 is 0 Å². The van der Waals surface area contributed by atoms with Gasteiger partial charge in [-0.15, -0.1) is 0 Å². The minimum atomic E-state index is -0.0747. The molecule has 2 amide bonds. The summed E-state index contributed by atoms with van der Waals surface area (Å²) in [4.78, 5) is 16.3. The quantitative estimate of drug-likeness (QED) is 0.874. The average Bonchev–Trinajstić information content (AvgIpc) is 3.02. The summed E-state index contributed by atoms with van der Waals surface area (Å²) in [5.41, 5.74) is 0.852. The van der Waals surface area contributed by atoms with Gasteiger partial charge in [0.25, 0.3) is 0 Å². The molecule has 0 saturated carbocycles. The number of benzene rings is 1. The molecule has 6 heteroatoms. The number of rotatable bonds is 6. The van der Waals surface area contributed by atoms with Crippen LogP contribution in [-0.2, 0) is 11.3 Å². The summed E-state index contributed by atoms with van der Waals surface area (Å²) in [6.07, 6.45) is 0. The molecule has 2 aromatic rings. The third-order valence-electron chi connectivity index (χ3n) is 4.49. The molecule has 2 heterocycles. The largest absolute Gasteiger partial charge is 0.459 e. The highest BCUT2D eigenvalue weighted by Gasteiger charge is 2.16. The smallest absolute Gasteiger partial charge is 0.317 e. The van der Waals surface area contributed by atoms with E-state index in [9.17, 15) is 4.79 Å². The van der Waals surface area contributed by atoms with Crippen LogP contribution in [0.3, 0.4) is 0 Å². The van der Waals surface area contributed by atoms with Crippen LogP contribution in [0.5, 0.6) is 0 Å². The maximum absolute atomic E-state index is 12.3. The van der Waals surface area contributed by atoms with Crippen LogP contribution in [0.4, 0.5) is 4.79 Å². The van der Waals surface area contributed by atoms with Gasteiger partial charge in [0.05, 0.1) is 19.8 Å². The summed E-state index contributed by atoms with van der Waals surface area (Å²) in [6, 6.07) is 9.78. The van der Waals surface area contributed by atoms with Crippen molar-refractivity contribution in [3.8, 4) is 0 Å². The fourth-order valence-corrected chi connectivity index (χ4v) is 3.11. The number of morpholine rings is 1. The van der Waals surface area contributed by atoms with Crippen molar-refractivity contribution >= 4 is 17.0 Å². The van der Waals surface area contributed by atoms with E-state index in [4.69, 9.17) is 9.15 Å². The van der Waals surface area contributed by atoms with E-state index in [-0.39, 0.29) is 6.03 Å². The molecule has 0 spiro atoms.